The highest BCUT2D eigenvalue weighted by molar-refractivity contribution is 6.21. The molecule has 3 amide bonds. The van der Waals surface area contributed by atoms with E-state index in [-0.39, 0.29) is 43.0 Å². The van der Waals surface area contributed by atoms with Crippen molar-refractivity contribution in [2.45, 2.75) is 44.1 Å². The predicted octanol–water partition coefficient (Wildman–Crippen LogP) is 3.62. The fourth-order valence-electron chi connectivity index (χ4n) is 5.91. The molecule has 182 valence electrons. The lowest BCUT2D eigenvalue weighted by Gasteiger charge is -2.36. The number of carbonyl (C=O) groups is 3. The Labute approximate surface area is 198 Å². The number of rotatable bonds is 2. The number of imide groups is 1. The topological polar surface area (TPSA) is 76.2 Å². The Balaban J connectivity index is 1.26. The van der Waals surface area contributed by atoms with Gasteiger partial charge in [-0.2, -0.15) is 13.2 Å². The molecule has 1 aliphatic carbocycles. The van der Waals surface area contributed by atoms with Gasteiger partial charge in [0.15, 0.2) is 6.73 Å². The van der Waals surface area contributed by atoms with Crippen LogP contribution in [0, 0.1) is 5.41 Å². The second-order valence-corrected chi connectivity index (χ2v) is 9.48. The van der Waals surface area contributed by atoms with Gasteiger partial charge in [-0.25, -0.2) is 0 Å². The summed E-state index contributed by atoms with van der Waals surface area (Å²) in [6.07, 6.45) is -4.01. The number of fused-ring (bicyclic) bond motifs is 3. The van der Waals surface area contributed by atoms with Gasteiger partial charge in [-0.05, 0) is 49.6 Å². The zero-order chi connectivity index (χ0) is 24.5. The smallest absolute Gasteiger partial charge is 0.416 e. The van der Waals surface area contributed by atoms with E-state index < -0.39 is 29.3 Å². The zero-order valence-electron chi connectivity index (χ0n) is 18.5. The fraction of sp³-hybridized carbons (Fsp3) is 0.400. The van der Waals surface area contributed by atoms with Gasteiger partial charge in [0.25, 0.3) is 11.8 Å². The van der Waals surface area contributed by atoms with Gasteiger partial charge < -0.3 is 14.4 Å². The molecule has 1 saturated carbocycles. The van der Waals surface area contributed by atoms with E-state index in [1.54, 1.807) is 24.3 Å². The van der Waals surface area contributed by atoms with Gasteiger partial charge in [-0.15, -0.1) is 0 Å². The maximum absolute atomic E-state index is 13.8. The molecular weight excluding hydrogens is 465 g/mol. The van der Waals surface area contributed by atoms with Crippen LogP contribution in [-0.2, 0) is 22.3 Å². The maximum Gasteiger partial charge on any atom is 0.416 e. The Morgan fingerprint density at radius 2 is 1.77 bits per heavy atom. The molecule has 2 aromatic carbocycles. The molecule has 0 unspecified atom stereocenters. The first-order chi connectivity index (χ1) is 16.7. The Morgan fingerprint density at radius 3 is 2.46 bits per heavy atom. The van der Waals surface area contributed by atoms with E-state index in [1.165, 1.54) is 15.9 Å². The quantitative estimate of drug-likeness (QED) is 0.607. The van der Waals surface area contributed by atoms with Crippen molar-refractivity contribution in [3.8, 4) is 5.75 Å². The molecule has 10 heteroatoms. The van der Waals surface area contributed by atoms with Crippen LogP contribution in [0.1, 0.15) is 51.1 Å². The number of benzene rings is 2. The molecule has 3 heterocycles. The monoisotopic (exact) mass is 486 g/mol. The number of halogens is 3. The van der Waals surface area contributed by atoms with Crippen LogP contribution in [-0.4, -0.2) is 53.0 Å². The van der Waals surface area contributed by atoms with Crippen molar-refractivity contribution >= 4 is 17.7 Å². The van der Waals surface area contributed by atoms with Crippen LogP contribution < -0.4 is 4.74 Å². The Kier molecular flexibility index (Phi) is 4.76. The first kappa shape index (κ1) is 22.1. The van der Waals surface area contributed by atoms with Gasteiger partial charge in [-0.1, -0.05) is 12.1 Å². The first-order valence-corrected chi connectivity index (χ1v) is 11.4. The van der Waals surface area contributed by atoms with Crippen molar-refractivity contribution in [3.63, 3.8) is 0 Å². The van der Waals surface area contributed by atoms with E-state index in [4.69, 9.17) is 9.47 Å². The minimum absolute atomic E-state index is 0.0236. The zero-order valence-corrected chi connectivity index (χ0v) is 18.5. The highest BCUT2D eigenvalue weighted by Gasteiger charge is 2.60. The molecule has 35 heavy (non-hydrogen) atoms. The molecule has 3 atom stereocenters. The SMILES string of the molecule is O=C1c2ccccc2C(=O)N1[C@@H]1C[C@H]2OCC[C@@]2(C(=O)N2COc3ccc(C(F)(F)F)cc3C2)C1. The second-order valence-electron chi connectivity index (χ2n) is 9.48. The van der Waals surface area contributed by atoms with Gasteiger partial charge >= 0.3 is 6.18 Å². The van der Waals surface area contributed by atoms with E-state index in [0.717, 1.165) is 12.1 Å². The molecule has 0 aromatic heterocycles. The molecule has 0 bridgehead atoms. The molecule has 0 N–H and O–H groups in total. The van der Waals surface area contributed by atoms with Gasteiger partial charge in [0.1, 0.15) is 5.75 Å². The summed E-state index contributed by atoms with van der Waals surface area (Å²) in [7, 11) is 0. The van der Waals surface area contributed by atoms with Crippen molar-refractivity contribution in [2.24, 2.45) is 5.41 Å². The molecule has 3 aliphatic heterocycles. The van der Waals surface area contributed by atoms with E-state index in [1.807, 2.05) is 0 Å². The number of hydrogen-bond donors (Lipinski definition) is 0. The lowest BCUT2D eigenvalue weighted by atomic mass is 9.80. The van der Waals surface area contributed by atoms with E-state index in [0.29, 0.717) is 36.3 Å². The number of amides is 3. The van der Waals surface area contributed by atoms with Crippen molar-refractivity contribution in [1.29, 1.82) is 0 Å². The van der Waals surface area contributed by atoms with Crippen LogP contribution in [0.15, 0.2) is 42.5 Å². The molecule has 7 nitrogen and oxygen atoms in total. The minimum atomic E-state index is -4.50. The Morgan fingerprint density at radius 1 is 1.06 bits per heavy atom. The third-order valence-corrected chi connectivity index (χ3v) is 7.60. The fourth-order valence-corrected chi connectivity index (χ4v) is 5.91. The van der Waals surface area contributed by atoms with Gasteiger partial charge in [0.2, 0.25) is 5.91 Å². The summed E-state index contributed by atoms with van der Waals surface area (Å²) in [4.78, 5) is 42.4. The van der Waals surface area contributed by atoms with Crippen molar-refractivity contribution in [1.82, 2.24) is 9.80 Å². The van der Waals surface area contributed by atoms with E-state index in [2.05, 4.69) is 0 Å². The number of carbonyl (C=O) groups excluding carboxylic acids is 3. The molecule has 4 aliphatic rings. The summed E-state index contributed by atoms with van der Waals surface area (Å²) >= 11 is 0. The first-order valence-electron chi connectivity index (χ1n) is 11.4. The third kappa shape index (κ3) is 3.26. The summed E-state index contributed by atoms with van der Waals surface area (Å²) in [6.45, 7) is 0.238. The molecule has 2 fully saturated rings. The van der Waals surface area contributed by atoms with Crippen molar-refractivity contribution in [3.05, 3.63) is 64.7 Å². The molecule has 0 spiro atoms. The predicted molar refractivity (Wildman–Crippen MR) is 114 cm³/mol. The standard InChI is InChI=1S/C25H21F3N2O5/c26-25(27,28)15-5-6-19-14(9-15)12-29(13-35-19)23(33)24-7-8-34-20(24)10-16(11-24)30-21(31)17-3-1-2-4-18(17)22(30)32/h1-6,9,16,20H,7-8,10-13H2/t16-,20-,24-/m1/s1. The summed E-state index contributed by atoms with van der Waals surface area (Å²) in [5.41, 5.74) is -0.806. The molecule has 1 saturated heterocycles. The maximum atomic E-state index is 13.8. The number of ether oxygens (including phenoxy) is 2. The Hall–Kier alpha value is -3.40. The minimum Gasteiger partial charge on any atom is -0.473 e. The van der Waals surface area contributed by atoms with Gasteiger partial charge in [0, 0.05) is 18.2 Å². The van der Waals surface area contributed by atoms with Crippen molar-refractivity contribution < 1.29 is 37.0 Å². The number of alkyl halides is 3. The van der Waals surface area contributed by atoms with Crippen molar-refractivity contribution in [2.75, 3.05) is 13.3 Å². The van der Waals surface area contributed by atoms with Crippen LogP contribution >= 0.6 is 0 Å². The highest BCUT2D eigenvalue weighted by Crippen LogP contribution is 2.51. The number of nitrogens with zero attached hydrogens (tertiary/aromatic N) is 2. The summed E-state index contributed by atoms with van der Waals surface area (Å²) < 4.78 is 51.1. The normalized spacial score (nSPS) is 27.5. The third-order valence-electron chi connectivity index (χ3n) is 7.60. The van der Waals surface area contributed by atoms with E-state index in [9.17, 15) is 27.6 Å². The van der Waals surface area contributed by atoms with Gasteiger partial charge in [0.05, 0.1) is 34.8 Å². The van der Waals surface area contributed by atoms with Crippen LogP contribution in [0.3, 0.4) is 0 Å². The van der Waals surface area contributed by atoms with E-state index >= 15 is 0 Å². The molecule has 0 radical (unpaired) electrons. The molecule has 2 aromatic rings. The lowest BCUT2D eigenvalue weighted by molar-refractivity contribution is -0.149. The van der Waals surface area contributed by atoms with Crippen LogP contribution in [0.2, 0.25) is 0 Å². The highest BCUT2D eigenvalue weighted by atomic mass is 19.4. The molecule has 6 rings (SSSR count). The Bertz CT molecular complexity index is 1230. The van der Waals surface area contributed by atoms with Crippen LogP contribution in [0.5, 0.6) is 5.75 Å². The second kappa shape index (κ2) is 7.55. The van der Waals surface area contributed by atoms with Crippen LogP contribution in [0.25, 0.3) is 0 Å². The lowest BCUT2D eigenvalue weighted by Crippen LogP contribution is -2.49. The molecular formula is C25H21F3N2O5. The van der Waals surface area contributed by atoms with Crippen LogP contribution in [0.4, 0.5) is 13.2 Å². The summed E-state index contributed by atoms with van der Waals surface area (Å²) in [5.74, 6) is -0.738. The van der Waals surface area contributed by atoms with Gasteiger partial charge in [-0.3, -0.25) is 19.3 Å². The largest absolute Gasteiger partial charge is 0.473 e. The summed E-state index contributed by atoms with van der Waals surface area (Å²) in [6, 6.07) is 9.35. The summed E-state index contributed by atoms with van der Waals surface area (Å²) in [5, 5.41) is 0. The average molecular weight is 486 g/mol. The average Bonchev–Trinajstić information content (AvgIpc) is 3.47. The number of hydrogen-bond acceptors (Lipinski definition) is 5.